The van der Waals surface area contributed by atoms with E-state index in [4.69, 9.17) is 5.11 Å². The molecule has 3 N–H and O–H groups in total. The van der Waals surface area contributed by atoms with E-state index < -0.39 is 28.5 Å². The SMILES string of the molecule is Cc1cc(C)c(S(=O)(=O)N(CC(=O)O)c2ccc(N[C@@H](C)CC(=O)O)c3ccccc23)c(C)c1. The number of carboxylic acid groups (broad SMARTS) is 2. The Morgan fingerprint density at radius 2 is 1.53 bits per heavy atom. The summed E-state index contributed by atoms with van der Waals surface area (Å²) in [5, 5.41) is 23.0. The lowest BCUT2D eigenvalue weighted by atomic mass is 10.1. The Balaban J connectivity index is 2.21. The van der Waals surface area contributed by atoms with Gasteiger partial charge in [-0.2, -0.15) is 0 Å². The fraction of sp³-hybridized carbons (Fsp3) is 0.280. The highest BCUT2D eigenvalue weighted by Gasteiger charge is 2.31. The van der Waals surface area contributed by atoms with E-state index >= 15 is 0 Å². The quantitative estimate of drug-likeness (QED) is 0.413. The zero-order chi connectivity index (χ0) is 25.2. The van der Waals surface area contributed by atoms with Gasteiger partial charge < -0.3 is 15.5 Å². The summed E-state index contributed by atoms with van der Waals surface area (Å²) >= 11 is 0. The van der Waals surface area contributed by atoms with Crippen molar-refractivity contribution in [2.75, 3.05) is 16.2 Å². The number of anilines is 2. The number of carboxylic acids is 2. The molecule has 9 heteroatoms. The molecule has 0 bridgehead atoms. The van der Waals surface area contributed by atoms with E-state index in [0.717, 1.165) is 9.87 Å². The van der Waals surface area contributed by atoms with Crippen LogP contribution >= 0.6 is 0 Å². The third kappa shape index (κ3) is 5.14. The number of hydrogen-bond acceptors (Lipinski definition) is 5. The van der Waals surface area contributed by atoms with E-state index in [0.29, 0.717) is 27.6 Å². The third-order valence-electron chi connectivity index (χ3n) is 5.48. The molecular weight excluding hydrogens is 456 g/mol. The second kappa shape index (κ2) is 9.72. The second-order valence-corrected chi connectivity index (χ2v) is 10.3. The minimum Gasteiger partial charge on any atom is -0.481 e. The molecule has 0 fully saturated rings. The molecular formula is C25H28N2O6S. The average Bonchev–Trinajstić information content (AvgIpc) is 2.70. The minimum atomic E-state index is -4.22. The molecule has 180 valence electrons. The predicted molar refractivity (Wildman–Crippen MR) is 132 cm³/mol. The Morgan fingerprint density at radius 1 is 0.941 bits per heavy atom. The number of sulfonamides is 1. The number of nitrogens with zero attached hydrogens (tertiary/aromatic N) is 1. The topological polar surface area (TPSA) is 124 Å². The maximum absolute atomic E-state index is 13.8. The lowest BCUT2D eigenvalue weighted by Gasteiger charge is -2.27. The molecule has 8 nitrogen and oxygen atoms in total. The van der Waals surface area contributed by atoms with Gasteiger partial charge in [0.25, 0.3) is 10.0 Å². The number of fused-ring (bicyclic) bond motifs is 1. The molecule has 0 radical (unpaired) electrons. The summed E-state index contributed by atoms with van der Waals surface area (Å²) in [5.41, 5.74) is 2.85. The van der Waals surface area contributed by atoms with Crippen LogP contribution in [0.4, 0.5) is 11.4 Å². The molecule has 0 unspecified atom stereocenters. The monoisotopic (exact) mass is 484 g/mol. The number of aliphatic carboxylic acids is 2. The molecule has 0 aromatic heterocycles. The van der Waals surface area contributed by atoms with Crippen LogP contribution in [0.25, 0.3) is 10.8 Å². The van der Waals surface area contributed by atoms with Gasteiger partial charge in [-0.05, 0) is 51.0 Å². The molecule has 0 heterocycles. The van der Waals surface area contributed by atoms with E-state index in [1.807, 2.05) is 6.92 Å². The van der Waals surface area contributed by atoms with Crippen LogP contribution in [0.5, 0.6) is 0 Å². The number of nitrogens with one attached hydrogen (secondary N) is 1. The Hall–Kier alpha value is -3.59. The van der Waals surface area contributed by atoms with Gasteiger partial charge in [0.05, 0.1) is 17.0 Å². The van der Waals surface area contributed by atoms with E-state index in [-0.39, 0.29) is 23.0 Å². The van der Waals surface area contributed by atoms with E-state index in [1.165, 1.54) is 0 Å². The molecule has 1 atom stereocenters. The largest absolute Gasteiger partial charge is 0.481 e. The molecule has 0 aliphatic rings. The number of rotatable bonds is 9. The fourth-order valence-corrected chi connectivity index (χ4v) is 6.16. The summed E-state index contributed by atoms with van der Waals surface area (Å²) in [4.78, 5) is 22.9. The first-order valence-electron chi connectivity index (χ1n) is 10.7. The van der Waals surface area contributed by atoms with Crippen LogP contribution in [0.15, 0.2) is 53.4 Å². The molecule has 0 aliphatic carbocycles. The molecule has 0 aliphatic heterocycles. The Kier molecular flexibility index (Phi) is 7.16. The van der Waals surface area contributed by atoms with Crippen LogP contribution in [0, 0.1) is 20.8 Å². The van der Waals surface area contributed by atoms with Crippen LogP contribution < -0.4 is 9.62 Å². The molecule has 3 aromatic rings. The van der Waals surface area contributed by atoms with Crippen molar-refractivity contribution in [1.29, 1.82) is 0 Å². The summed E-state index contributed by atoms with van der Waals surface area (Å²) in [6.45, 7) is 6.25. The minimum absolute atomic E-state index is 0.0840. The molecule has 0 spiro atoms. The summed E-state index contributed by atoms with van der Waals surface area (Å²) < 4.78 is 28.6. The number of carbonyl (C=O) groups is 2. The Morgan fingerprint density at radius 3 is 2.09 bits per heavy atom. The van der Waals surface area contributed by atoms with Crippen molar-refractivity contribution in [3.8, 4) is 0 Å². The van der Waals surface area contributed by atoms with Crippen LogP contribution in [0.1, 0.15) is 30.0 Å². The second-order valence-electron chi connectivity index (χ2n) is 8.45. The lowest BCUT2D eigenvalue weighted by molar-refractivity contribution is -0.137. The van der Waals surface area contributed by atoms with Gasteiger partial charge in [-0.1, -0.05) is 42.0 Å². The molecule has 34 heavy (non-hydrogen) atoms. The van der Waals surface area contributed by atoms with Crippen LogP contribution in [-0.4, -0.2) is 43.2 Å². The van der Waals surface area contributed by atoms with Crippen molar-refractivity contribution < 1.29 is 28.2 Å². The first-order valence-corrected chi connectivity index (χ1v) is 12.2. The smallest absolute Gasteiger partial charge is 0.324 e. The number of aryl methyl sites for hydroxylation is 3. The molecule has 3 rings (SSSR count). The van der Waals surface area contributed by atoms with Crippen molar-refractivity contribution in [3.63, 3.8) is 0 Å². The van der Waals surface area contributed by atoms with Gasteiger partial charge >= 0.3 is 11.9 Å². The van der Waals surface area contributed by atoms with Crippen LogP contribution in [-0.2, 0) is 19.6 Å². The summed E-state index contributed by atoms with van der Waals surface area (Å²) in [5.74, 6) is -2.23. The van der Waals surface area contributed by atoms with Gasteiger partial charge in [-0.25, -0.2) is 8.42 Å². The average molecular weight is 485 g/mol. The van der Waals surface area contributed by atoms with E-state index in [9.17, 15) is 23.1 Å². The van der Waals surface area contributed by atoms with E-state index in [1.54, 1.807) is 69.3 Å². The third-order valence-corrected chi connectivity index (χ3v) is 7.55. The summed E-state index contributed by atoms with van der Waals surface area (Å²) in [6, 6.07) is 13.4. The summed E-state index contributed by atoms with van der Waals surface area (Å²) in [6.07, 6.45) is -0.0957. The zero-order valence-corrected chi connectivity index (χ0v) is 20.3. The molecule has 0 saturated carbocycles. The first-order chi connectivity index (χ1) is 15.9. The van der Waals surface area contributed by atoms with Crippen molar-refractivity contribution in [2.45, 2.75) is 45.1 Å². The normalized spacial score (nSPS) is 12.4. The lowest BCUT2D eigenvalue weighted by Crippen LogP contribution is -2.36. The van der Waals surface area contributed by atoms with Gasteiger partial charge in [-0.15, -0.1) is 0 Å². The van der Waals surface area contributed by atoms with E-state index in [2.05, 4.69) is 5.32 Å². The van der Waals surface area contributed by atoms with Crippen molar-refractivity contribution in [3.05, 3.63) is 65.2 Å². The zero-order valence-electron chi connectivity index (χ0n) is 19.5. The number of hydrogen-bond donors (Lipinski definition) is 3. The van der Waals surface area contributed by atoms with Crippen molar-refractivity contribution >= 4 is 44.1 Å². The first kappa shape index (κ1) is 25.0. The van der Waals surface area contributed by atoms with Crippen molar-refractivity contribution in [1.82, 2.24) is 0 Å². The fourth-order valence-electron chi connectivity index (χ4n) is 4.31. The number of benzene rings is 3. The Bertz CT molecular complexity index is 1340. The molecule has 3 aromatic carbocycles. The molecule has 0 saturated heterocycles. The predicted octanol–water partition coefficient (Wildman–Crippen LogP) is 4.32. The van der Waals surface area contributed by atoms with Gasteiger partial charge in [-0.3, -0.25) is 13.9 Å². The Labute approximate surface area is 198 Å². The highest BCUT2D eigenvalue weighted by Crippen LogP contribution is 2.36. The standard InChI is InChI=1S/C25H28N2O6S/c1-15-11-16(2)25(17(3)12-15)34(32,33)27(14-24(30)31)22-10-9-21(26-18(4)13-23(28)29)19-7-5-6-8-20(19)22/h5-12,18,26H,13-14H2,1-4H3,(H,28,29)(H,30,31)/t18-/m0/s1. The van der Waals surface area contributed by atoms with Crippen molar-refractivity contribution in [2.24, 2.45) is 0 Å². The maximum atomic E-state index is 13.8. The highest BCUT2D eigenvalue weighted by atomic mass is 32.2. The van der Waals surface area contributed by atoms with Crippen LogP contribution in [0.3, 0.4) is 0 Å². The van der Waals surface area contributed by atoms with Gasteiger partial charge in [0.2, 0.25) is 0 Å². The van der Waals surface area contributed by atoms with Gasteiger partial charge in [0.15, 0.2) is 0 Å². The van der Waals surface area contributed by atoms with Crippen LogP contribution in [0.2, 0.25) is 0 Å². The van der Waals surface area contributed by atoms with Gasteiger partial charge in [0, 0.05) is 22.5 Å². The maximum Gasteiger partial charge on any atom is 0.324 e. The highest BCUT2D eigenvalue weighted by molar-refractivity contribution is 7.93. The summed E-state index contributed by atoms with van der Waals surface area (Å²) in [7, 11) is -4.22. The van der Waals surface area contributed by atoms with Gasteiger partial charge in [0.1, 0.15) is 6.54 Å². The molecule has 0 amide bonds.